The Bertz CT molecular complexity index is 1950. The number of aromatic nitrogens is 1. The summed E-state index contributed by atoms with van der Waals surface area (Å²) in [4.78, 5) is 44.3. The van der Waals surface area contributed by atoms with Crippen LogP contribution in [0.2, 0.25) is 0 Å². The second-order valence-corrected chi connectivity index (χ2v) is 12.7. The van der Waals surface area contributed by atoms with E-state index in [9.17, 15) is 18.8 Å². The van der Waals surface area contributed by atoms with E-state index in [2.05, 4.69) is 13.2 Å². The minimum atomic E-state index is -1.16. The van der Waals surface area contributed by atoms with Gasteiger partial charge in [-0.25, -0.2) is 4.39 Å². The molecule has 2 aliphatic rings. The molecule has 1 saturated heterocycles. The Hall–Kier alpha value is -5.23. The van der Waals surface area contributed by atoms with Gasteiger partial charge in [-0.05, 0) is 41.6 Å². The van der Waals surface area contributed by atoms with Crippen molar-refractivity contribution in [1.82, 2.24) is 14.5 Å². The van der Waals surface area contributed by atoms with Crippen molar-refractivity contribution in [2.45, 2.75) is 32.0 Å². The molecule has 0 saturated carbocycles. The minimum Gasteiger partial charge on any atom is -0.486 e. The normalized spacial score (nSPS) is 15.8. The van der Waals surface area contributed by atoms with Gasteiger partial charge in [0.05, 0.1) is 5.54 Å². The van der Waals surface area contributed by atoms with Gasteiger partial charge in [0.2, 0.25) is 17.2 Å². The van der Waals surface area contributed by atoms with Crippen molar-refractivity contribution < 1.29 is 27.8 Å². The number of pyridine rings is 1. The van der Waals surface area contributed by atoms with Crippen LogP contribution < -0.4 is 19.9 Å². The van der Waals surface area contributed by atoms with Crippen LogP contribution >= 0.6 is 11.3 Å². The highest BCUT2D eigenvalue weighted by Gasteiger charge is 2.52. The van der Waals surface area contributed by atoms with Crippen LogP contribution in [0.5, 0.6) is 11.5 Å². The van der Waals surface area contributed by atoms with Crippen molar-refractivity contribution >= 4 is 23.2 Å². The molecule has 0 bridgehead atoms. The topological polar surface area (TPSA) is 84.3 Å². The molecule has 248 valence electrons. The number of thiophene rings is 1. The molecule has 1 fully saturated rings. The lowest BCUT2D eigenvalue weighted by Crippen LogP contribution is -2.74. The van der Waals surface area contributed by atoms with Crippen molar-refractivity contribution in [3.63, 3.8) is 0 Å². The lowest BCUT2D eigenvalue weighted by molar-refractivity contribution is -0.139. The van der Waals surface area contributed by atoms with Crippen LogP contribution in [-0.2, 0) is 11.4 Å². The summed E-state index contributed by atoms with van der Waals surface area (Å²) in [5.41, 5.74) is 0.390. The van der Waals surface area contributed by atoms with E-state index in [0.717, 1.165) is 22.1 Å². The number of nitrogens with zero attached hydrogens (tertiary/aromatic N) is 4. The van der Waals surface area contributed by atoms with E-state index < -0.39 is 34.6 Å². The molecular weight excluding hydrogens is 638 g/mol. The first-order valence-corrected chi connectivity index (χ1v) is 16.1. The first kappa shape index (κ1) is 32.7. The number of ether oxygens (including phenoxy) is 2. The van der Waals surface area contributed by atoms with Gasteiger partial charge in [-0.1, -0.05) is 49.1 Å². The predicted octanol–water partition coefficient (Wildman–Crippen LogP) is 5.57. The number of rotatable bonds is 11. The fourth-order valence-corrected chi connectivity index (χ4v) is 7.19. The Morgan fingerprint density at radius 3 is 2.44 bits per heavy atom. The monoisotopic (exact) mass is 672 g/mol. The zero-order valence-electron chi connectivity index (χ0n) is 26.5. The summed E-state index contributed by atoms with van der Waals surface area (Å²) in [5, 5.41) is 3.68. The number of carbonyl (C=O) groups excluding carboxylic acids is 2. The summed E-state index contributed by atoms with van der Waals surface area (Å²) < 4.78 is 43.7. The van der Waals surface area contributed by atoms with Crippen molar-refractivity contribution in [2.24, 2.45) is 0 Å². The maximum absolute atomic E-state index is 15.6. The molecule has 0 radical (unpaired) electrons. The second kappa shape index (κ2) is 13.1. The van der Waals surface area contributed by atoms with E-state index in [1.54, 1.807) is 25.6 Å². The van der Waals surface area contributed by atoms with E-state index in [-0.39, 0.29) is 56.1 Å². The number of fused-ring (bicyclic) bond motifs is 1. The van der Waals surface area contributed by atoms with E-state index in [4.69, 9.17) is 9.47 Å². The number of halogens is 2. The molecule has 0 N–H and O–H groups in total. The van der Waals surface area contributed by atoms with Gasteiger partial charge in [0.1, 0.15) is 25.9 Å². The SMILES string of the molecule is C=CCOc1c(C(c2sccc2C)N2CN(C3(C=C)CN(C(C)=O)C3)C(=O)c3c(OCc4ccccc4)c(=O)ccn32)ccc(F)c1F. The Labute approximate surface area is 280 Å². The van der Waals surface area contributed by atoms with Crippen molar-refractivity contribution in [2.75, 3.05) is 31.4 Å². The average Bonchev–Trinajstić information content (AvgIpc) is 3.48. The van der Waals surface area contributed by atoms with E-state index in [1.807, 2.05) is 48.7 Å². The summed E-state index contributed by atoms with van der Waals surface area (Å²) in [7, 11) is 0. The summed E-state index contributed by atoms with van der Waals surface area (Å²) in [6.45, 7) is 11.2. The molecule has 2 aromatic carbocycles. The lowest BCUT2D eigenvalue weighted by Gasteiger charge is -2.57. The van der Waals surface area contributed by atoms with Crippen LogP contribution in [0.4, 0.5) is 8.78 Å². The lowest BCUT2D eigenvalue weighted by atomic mass is 9.87. The van der Waals surface area contributed by atoms with E-state index in [0.29, 0.717) is 5.56 Å². The second-order valence-electron chi connectivity index (χ2n) is 11.7. The third kappa shape index (κ3) is 5.66. The molecular formula is C36H34F2N4O5S. The maximum Gasteiger partial charge on any atom is 0.278 e. The number of likely N-dealkylation sites (tertiary alicyclic amines) is 1. The number of carbonyl (C=O) groups is 2. The van der Waals surface area contributed by atoms with Crippen LogP contribution in [-0.4, -0.2) is 58.2 Å². The van der Waals surface area contributed by atoms with Gasteiger partial charge in [0.15, 0.2) is 23.0 Å². The molecule has 1 atom stereocenters. The molecule has 4 heterocycles. The predicted molar refractivity (Wildman–Crippen MR) is 179 cm³/mol. The van der Waals surface area contributed by atoms with Gasteiger partial charge in [0.25, 0.3) is 5.91 Å². The highest BCUT2D eigenvalue weighted by Crippen LogP contribution is 2.43. The molecule has 4 aromatic rings. The summed E-state index contributed by atoms with van der Waals surface area (Å²) >= 11 is 1.40. The van der Waals surface area contributed by atoms with Crippen molar-refractivity contribution in [1.29, 1.82) is 0 Å². The van der Waals surface area contributed by atoms with Crippen molar-refractivity contribution in [3.8, 4) is 11.5 Å². The molecule has 12 heteroatoms. The summed E-state index contributed by atoms with van der Waals surface area (Å²) in [6.07, 6.45) is 4.54. The summed E-state index contributed by atoms with van der Waals surface area (Å²) in [6, 6.07) is 14.1. The first-order valence-electron chi connectivity index (χ1n) is 15.3. The zero-order chi connectivity index (χ0) is 34.2. The standard InChI is InChI=1S/C36H34F2N4O5S/c1-5-17-46-32-26(12-13-27(37)29(32)38)30(34-23(3)15-18-48-34)42-22-40(36(6-2)20-39(21-36)24(4)43)35(45)31-33(28(44)14-16-41(31)42)47-19-25-10-8-7-9-11-25/h5-16,18,30H,1-2,17,19-22H2,3-4H3. The zero-order valence-corrected chi connectivity index (χ0v) is 27.3. The first-order chi connectivity index (χ1) is 23.1. The van der Waals surface area contributed by atoms with Gasteiger partial charge >= 0.3 is 0 Å². The van der Waals surface area contributed by atoms with Gasteiger partial charge in [0, 0.05) is 42.7 Å². The number of benzene rings is 2. The largest absolute Gasteiger partial charge is 0.486 e. The van der Waals surface area contributed by atoms with Gasteiger partial charge in [-0.15, -0.1) is 17.9 Å². The number of aryl methyl sites for hydroxylation is 1. The molecule has 1 unspecified atom stereocenters. The molecule has 2 aliphatic heterocycles. The Balaban J connectivity index is 1.58. The average molecular weight is 673 g/mol. The van der Waals surface area contributed by atoms with Gasteiger partial charge in [-0.3, -0.25) is 24.1 Å². The quantitative estimate of drug-likeness (QED) is 0.194. The summed E-state index contributed by atoms with van der Waals surface area (Å²) in [5.74, 6) is -3.38. The highest BCUT2D eigenvalue weighted by atomic mass is 32.1. The van der Waals surface area contributed by atoms with Gasteiger partial charge in [-0.2, -0.15) is 4.39 Å². The van der Waals surface area contributed by atoms with Crippen LogP contribution in [0.3, 0.4) is 0 Å². The number of hydrogen-bond donors (Lipinski definition) is 0. The maximum atomic E-state index is 15.6. The molecule has 2 aromatic heterocycles. The molecule has 0 spiro atoms. The van der Waals surface area contributed by atoms with Gasteiger partial charge < -0.3 is 19.3 Å². The van der Waals surface area contributed by atoms with Crippen LogP contribution in [0.1, 0.15) is 45.0 Å². The molecule has 0 aliphatic carbocycles. The van der Waals surface area contributed by atoms with E-state index >= 15 is 4.39 Å². The third-order valence-electron chi connectivity index (χ3n) is 8.73. The Morgan fingerprint density at radius 1 is 1.04 bits per heavy atom. The molecule has 48 heavy (non-hydrogen) atoms. The van der Waals surface area contributed by atoms with E-state index in [1.165, 1.54) is 42.7 Å². The molecule has 2 amide bonds. The molecule has 9 nitrogen and oxygen atoms in total. The minimum absolute atomic E-state index is 0.0151. The van der Waals surface area contributed by atoms with Crippen molar-refractivity contribution in [3.05, 3.63) is 141 Å². The fourth-order valence-electron chi connectivity index (χ4n) is 6.14. The van der Waals surface area contributed by atoms with Crippen LogP contribution in [0.25, 0.3) is 0 Å². The third-order valence-corrected chi connectivity index (χ3v) is 9.80. The number of hydrogen-bond acceptors (Lipinski definition) is 7. The molecule has 6 rings (SSSR count). The van der Waals surface area contributed by atoms with Crippen LogP contribution in [0, 0.1) is 18.6 Å². The Kier molecular flexibility index (Phi) is 8.93. The smallest absolute Gasteiger partial charge is 0.278 e. The fraction of sp³-hybridized carbons (Fsp3) is 0.250. The highest BCUT2D eigenvalue weighted by molar-refractivity contribution is 7.10. The number of amides is 2. The van der Waals surface area contributed by atoms with Crippen LogP contribution in [0.15, 0.2) is 96.3 Å². The Morgan fingerprint density at radius 2 is 1.79 bits per heavy atom.